The predicted octanol–water partition coefficient (Wildman–Crippen LogP) is 5.05. The SMILES string of the molecule is O=C(CCC(=O)c1cccs1)Nc1ncc(Cc2ccccc2Cl)s1. The summed E-state index contributed by atoms with van der Waals surface area (Å²) in [4.78, 5) is 29.8. The van der Waals surface area contributed by atoms with E-state index in [0.717, 1.165) is 10.4 Å². The van der Waals surface area contributed by atoms with Gasteiger partial charge in [-0.2, -0.15) is 0 Å². The van der Waals surface area contributed by atoms with E-state index in [0.29, 0.717) is 21.5 Å². The number of hydrogen-bond acceptors (Lipinski definition) is 5. The van der Waals surface area contributed by atoms with Gasteiger partial charge in [-0.1, -0.05) is 35.9 Å². The molecule has 3 aromatic rings. The minimum absolute atomic E-state index is 0.0105. The zero-order valence-corrected chi connectivity index (χ0v) is 15.6. The third kappa shape index (κ3) is 4.98. The van der Waals surface area contributed by atoms with Crippen LogP contribution < -0.4 is 5.32 Å². The van der Waals surface area contributed by atoms with Crippen LogP contribution in [0.2, 0.25) is 5.02 Å². The number of thiophene rings is 1. The Labute approximate surface area is 158 Å². The second-order valence-electron chi connectivity index (χ2n) is 5.35. The molecular weight excluding hydrogens is 376 g/mol. The van der Waals surface area contributed by atoms with Gasteiger partial charge in [0.1, 0.15) is 0 Å². The van der Waals surface area contributed by atoms with E-state index in [-0.39, 0.29) is 24.5 Å². The summed E-state index contributed by atoms with van der Waals surface area (Å²) in [6.07, 6.45) is 2.75. The number of hydrogen-bond donors (Lipinski definition) is 1. The van der Waals surface area contributed by atoms with E-state index in [1.165, 1.54) is 22.7 Å². The number of carbonyl (C=O) groups is 2. The molecule has 1 N–H and O–H groups in total. The first kappa shape index (κ1) is 17.8. The maximum Gasteiger partial charge on any atom is 0.226 e. The first-order valence-electron chi connectivity index (χ1n) is 7.66. The molecule has 0 fully saturated rings. The summed E-state index contributed by atoms with van der Waals surface area (Å²) < 4.78 is 0. The van der Waals surface area contributed by atoms with Gasteiger partial charge in [0.2, 0.25) is 5.91 Å². The van der Waals surface area contributed by atoms with E-state index in [9.17, 15) is 9.59 Å². The highest BCUT2D eigenvalue weighted by atomic mass is 35.5. The van der Waals surface area contributed by atoms with Gasteiger partial charge >= 0.3 is 0 Å². The van der Waals surface area contributed by atoms with Crippen LogP contribution in [-0.2, 0) is 11.2 Å². The Morgan fingerprint density at radius 2 is 1.96 bits per heavy atom. The summed E-state index contributed by atoms with van der Waals surface area (Å²) in [7, 11) is 0. The molecular formula is C18H15ClN2O2S2. The number of Topliss-reactive ketones (excluding diaryl/α,β-unsaturated/α-hetero) is 1. The van der Waals surface area contributed by atoms with Crippen molar-refractivity contribution in [3.63, 3.8) is 0 Å². The van der Waals surface area contributed by atoms with Gasteiger partial charge in [-0.25, -0.2) is 4.98 Å². The molecule has 1 amide bonds. The largest absolute Gasteiger partial charge is 0.302 e. The Kier molecular flexibility index (Phi) is 5.96. The molecule has 0 aliphatic carbocycles. The number of nitrogens with one attached hydrogen (secondary N) is 1. The average Bonchev–Trinajstić information content (AvgIpc) is 3.27. The van der Waals surface area contributed by atoms with E-state index in [2.05, 4.69) is 10.3 Å². The summed E-state index contributed by atoms with van der Waals surface area (Å²) in [5.41, 5.74) is 1.02. The lowest BCUT2D eigenvalue weighted by atomic mass is 10.1. The first-order valence-corrected chi connectivity index (χ1v) is 9.74. The molecule has 4 nitrogen and oxygen atoms in total. The van der Waals surface area contributed by atoms with E-state index < -0.39 is 0 Å². The van der Waals surface area contributed by atoms with Crippen molar-refractivity contribution in [2.45, 2.75) is 19.3 Å². The Balaban J connectivity index is 1.52. The molecule has 0 aliphatic rings. The third-order valence-corrected chi connectivity index (χ3v) is 5.69. The van der Waals surface area contributed by atoms with E-state index in [1.54, 1.807) is 12.3 Å². The summed E-state index contributed by atoms with van der Waals surface area (Å²) in [6.45, 7) is 0. The number of aromatic nitrogens is 1. The number of ketones is 1. The monoisotopic (exact) mass is 390 g/mol. The van der Waals surface area contributed by atoms with Crippen molar-refractivity contribution in [1.29, 1.82) is 0 Å². The highest BCUT2D eigenvalue weighted by Gasteiger charge is 2.12. The number of rotatable bonds is 7. The highest BCUT2D eigenvalue weighted by molar-refractivity contribution is 7.15. The molecule has 1 aromatic carbocycles. The van der Waals surface area contributed by atoms with Crippen LogP contribution in [-0.4, -0.2) is 16.7 Å². The van der Waals surface area contributed by atoms with Crippen LogP contribution in [0, 0.1) is 0 Å². The number of thiazole rings is 1. The Morgan fingerprint density at radius 1 is 1.12 bits per heavy atom. The van der Waals surface area contributed by atoms with Crippen LogP contribution in [0.1, 0.15) is 33.0 Å². The minimum Gasteiger partial charge on any atom is -0.302 e. The number of amides is 1. The van der Waals surface area contributed by atoms with Crippen molar-refractivity contribution in [2.24, 2.45) is 0 Å². The van der Waals surface area contributed by atoms with Crippen LogP contribution in [0.5, 0.6) is 0 Å². The Hall–Kier alpha value is -2.02. The number of halogens is 1. The average molecular weight is 391 g/mol. The third-order valence-electron chi connectivity index (χ3n) is 3.50. The van der Waals surface area contributed by atoms with Crippen molar-refractivity contribution >= 4 is 51.1 Å². The smallest absolute Gasteiger partial charge is 0.226 e. The van der Waals surface area contributed by atoms with Crippen molar-refractivity contribution in [2.75, 3.05) is 5.32 Å². The second-order valence-corrected chi connectivity index (χ2v) is 7.82. The molecule has 0 radical (unpaired) electrons. The number of carbonyl (C=O) groups excluding carboxylic acids is 2. The van der Waals surface area contributed by atoms with Crippen molar-refractivity contribution in [1.82, 2.24) is 4.98 Å². The van der Waals surface area contributed by atoms with Crippen LogP contribution in [0.4, 0.5) is 5.13 Å². The molecule has 0 aliphatic heterocycles. The molecule has 0 bridgehead atoms. The van der Waals surface area contributed by atoms with Gasteiger partial charge in [-0.05, 0) is 23.1 Å². The molecule has 0 atom stereocenters. The van der Waals surface area contributed by atoms with E-state index >= 15 is 0 Å². The predicted molar refractivity (Wildman–Crippen MR) is 103 cm³/mol. The number of anilines is 1. The van der Waals surface area contributed by atoms with E-state index in [4.69, 9.17) is 11.6 Å². The maximum absolute atomic E-state index is 12.0. The lowest BCUT2D eigenvalue weighted by Crippen LogP contribution is -2.12. The molecule has 0 unspecified atom stereocenters. The standard InChI is InChI=1S/C18H15ClN2O2S2/c19-14-5-2-1-4-12(14)10-13-11-20-18(25-13)21-17(23)8-7-15(22)16-6-3-9-24-16/h1-6,9,11H,7-8,10H2,(H,20,21,23). The van der Waals surface area contributed by atoms with Gasteiger partial charge in [0.05, 0.1) is 4.88 Å². The quantitative estimate of drug-likeness (QED) is 0.574. The zero-order chi connectivity index (χ0) is 17.6. The molecule has 2 heterocycles. The fourth-order valence-corrected chi connectivity index (χ4v) is 3.99. The fraction of sp³-hybridized carbons (Fsp3) is 0.167. The highest BCUT2D eigenvalue weighted by Crippen LogP contribution is 2.24. The summed E-state index contributed by atoms with van der Waals surface area (Å²) >= 11 is 8.96. The molecule has 2 aromatic heterocycles. The molecule has 0 spiro atoms. The molecule has 0 saturated carbocycles. The normalized spacial score (nSPS) is 10.6. The van der Waals surface area contributed by atoms with Crippen molar-refractivity contribution in [3.8, 4) is 0 Å². The molecule has 0 saturated heterocycles. The summed E-state index contributed by atoms with van der Waals surface area (Å²) in [6, 6.07) is 11.2. The topological polar surface area (TPSA) is 59.1 Å². The minimum atomic E-state index is -0.205. The fourth-order valence-electron chi connectivity index (χ4n) is 2.25. The number of nitrogens with zero attached hydrogens (tertiary/aromatic N) is 1. The van der Waals surface area contributed by atoms with Crippen LogP contribution in [0.25, 0.3) is 0 Å². The summed E-state index contributed by atoms with van der Waals surface area (Å²) in [5.74, 6) is -0.216. The zero-order valence-electron chi connectivity index (χ0n) is 13.2. The second kappa shape index (κ2) is 8.38. The summed E-state index contributed by atoms with van der Waals surface area (Å²) in [5, 5.41) is 5.85. The maximum atomic E-state index is 12.0. The van der Waals surface area contributed by atoms with E-state index in [1.807, 2.05) is 35.7 Å². The molecule has 3 rings (SSSR count). The van der Waals surface area contributed by atoms with Crippen LogP contribution in [0.15, 0.2) is 48.0 Å². The number of benzene rings is 1. The first-order chi connectivity index (χ1) is 12.1. The van der Waals surface area contributed by atoms with Gasteiger partial charge in [0.15, 0.2) is 10.9 Å². The van der Waals surface area contributed by atoms with Gasteiger partial charge in [-0.15, -0.1) is 22.7 Å². The Morgan fingerprint density at radius 3 is 2.72 bits per heavy atom. The molecule has 7 heteroatoms. The lowest BCUT2D eigenvalue weighted by Gasteiger charge is -2.01. The Bertz CT molecular complexity index is 875. The van der Waals surface area contributed by atoms with Gasteiger partial charge in [0.25, 0.3) is 0 Å². The van der Waals surface area contributed by atoms with Crippen LogP contribution >= 0.6 is 34.3 Å². The van der Waals surface area contributed by atoms with Crippen molar-refractivity contribution in [3.05, 3.63) is 68.3 Å². The lowest BCUT2D eigenvalue weighted by molar-refractivity contribution is -0.116. The molecule has 128 valence electrons. The molecule has 25 heavy (non-hydrogen) atoms. The van der Waals surface area contributed by atoms with Gasteiger partial charge in [0, 0.05) is 35.4 Å². The van der Waals surface area contributed by atoms with Crippen molar-refractivity contribution < 1.29 is 9.59 Å². The van der Waals surface area contributed by atoms with Crippen LogP contribution in [0.3, 0.4) is 0 Å². The van der Waals surface area contributed by atoms with Gasteiger partial charge in [-0.3, -0.25) is 9.59 Å². The van der Waals surface area contributed by atoms with Gasteiger partial charge < -0.3 is 5.32 Å².